The van der Waals surface area contributed by atoms with E-state index in [0.717, 1.165) is 17.7 Å². The molecule has 0 aliphatic carbocycles. The Balaban J connectivity index is 1.88. The van der Waals surface area contributed by atoms with Crippen molar-refractivity contribution >= 4 is 23.2 Å². The zero-order valence-corrected chi connectivity index (χ0v) is 18.1. The van der Waals surface area contributed by atoms with Crippen LogP contribution in [0.4, 0.5) is 0 Å². The van der Waals surface area contributed by atoms with Gasteiger partial charge in [-0.2, -0.15) is 0 Å². The molecule has 0 heterocycles. The summed E-state index contributed by atoms with van der Waals surface area (Å²) in [7, 11) is 1.60. The second kappa shape index (κ2) is 11.3. The number of ether oxygens (including phenoxy) is 3. The van der Waals surface area contributed by atoms with Gasteiger partial charge in [-0.05, 0) is 74.4 Å². The SMILES string of the molecule is CCCOc1ccc(CNC(=S)NC(=O)c2ccc(OC(C)C)cc2)cc1OC. The summed E-state index contributed by atoms with van der Waals surface area (Å²) in [5, 5.41) is 5.96. The molecule has 0 saturated heterocycles. The number of hydrogen-bond donors (Lipinski definition) is 2. The Morgan fingerprint density at radius 2 is 1.83 bits per heavy atom. The molecule has 0 spiro atoms. The molecule has 0 aliphatic heterocycles. The normalized spacial score (nSPS) is 10.4. The van der Waals surface area contributed by atoms with Gasteiger partial charge in [0, 0.05) is 12.1 Å². The highest BCUT2D eigenvalue weighted by Gasteiger charge is 2.10. The molecular formula is C22H28N2O4S. The molecule has 6 nitrogen and oxygen atoms in total. The molecule has 0 atom stereocenters. The molecule has 0 bridgehead atoms. The monoisotopic (exact) mass is 416 g/mol. The van der Waals surface area contributed by atoms with Gasteiger partial charge < -0.3 is 19.5 Å². The number of benzene rings is 2. The number of carbonyl (C=O) groups is 1. The molecule has 2 aromatic rings. The fraction of sp³-hybridized carbons (Fsp3) is 0.364. The summed E-state index contributed by atoms with van der Waals surface area (Å²) in [5.41, 5.74) is 1.46. The van der Waals surface area contributed by atoms with E-state index >= 15 is 0 Å². The van der Waals surface area contributed by atoms with Crippen molar-refractivity contribution in [1.82, 2.24) is 10.6 Å². The van der Waals surface area contributed by atoms with Gasteiger partial charge in [-0.15, -0.1) is 0 Å². The lowest BCUT2D eigenvalue weighted by molar-refractivity contribution is 0.0976. The van der Waals surface area contributed by atoms with Gasteiger partial charge in [-0.25, -0.2) is 0 Å². The van der Waals surface area contributed by atoms with E-state index in [9.17, 15) is 4.79 Å². The van der Waals surface area contributed by atoms with Crippen LogP contribution in [-0.4, -0.2) is 30.8 Å². The minimum absolute atomic E-state index is 0.0809. The third-order valence-corrected chi connectivity index (χ3v) is 4.10. The van der Waals surface area contributed by atoms with Crippen molar-refractivity contribution in [2.45, 2.75) is 39.8 Å². The molecular weight excluding hydrogens is 388 g/mol. The predicted octanol–water partition coefficient (Wildman–Crippen LogP) is 4.08. The Morgan fingerprint density at radius 1 is 1.10 bits per heavy atom. The first kappa shape index (κ1) is 22.5. The minimum Gasteiger partial charge on any atom is -0.493 e. The first-order valence-electron chi connectivity index (χ1n) is 9.58. The minimum atomic E-state index is -0.278. The van der Waals surface area contributed by atoms with Crippen molar-refractivity contribution in [1.29, 1.82) is 0 Å². The average Bonchev–Trinajstić information content (AvgIpc) is 2.71. The zero-order valence-electron chi connectivity index (χ0n) is 17.3. The first-order chi connectivity index (χ1) is 13.9. The van der Waals surface area contributed by atoms with Gasteiger partial charge >= 0.3 is 0 Å². The maximum atomic E-state index is 12.3. The van der Waals surface area contributed by atoms with E-state index in [2.05, 4.69) is 10.6 Å². The van der Waals surface area contributed by atoms with Crippen LogP contribution in [0.25, 0.3) is 0 Å². The summed E-state index contributed by atoms with van der Waals surface area (Å²) in [6, 6.07) is 12.6. The fourth-order valence-electron chi connectivity index (χ4n) is 2.51. The molecule has 0 radical (unpaired) electrons. The second-order valence-electron chi connectivity index (χ2n) is 6.66. The summed E-state index contributed by atoms with van der Waals surface area (Å²) in [6.07, 6.45) is 1.01. The highest BCUT2D eigenvalue weighted by molar-refractivity contribution is 7.80. The highest BCUT2D eigenvalue weighted by Crippen LogP contribution is 2.28. The maximum Gasteiger partial charge on any atom is 0.257 e. The Bertz CT molecular complexity index is 822. The van der Waals surface area contributed by atoms with Gasteiger partial charge in [0.1, 0.15) is 5.75 Å². The van der Waals surface area contributed by atoms with E-state index in [0.29, 0.717) is 30.2 Å². The number of carbonyl (C=O) groups excluding carboxylic acids is 1. The van der Waals surface area contributed by atoms with E-state index in [1.54, 1.807) is 31.4 Å². The van der Waals surface area contributed by atoms with Gasteiger partial charge in [0.05, 0.1) is 19.8 Å². The van der Waals surface area contributed by atoms with Gasteiger partial charge in [0.2, 0.25) is 0 Å². The molecule has 0 fully saturated rings. The number of thiocarbonyl (C=S) groups is 1. The van der Waals surface area contributed by atoms with E-state index in [-0.39, 0.29) is 17.1 Å². The molecule has 156 valence electrons. The standard InChI is InChI=1S/C22H28N2O4S/c1-5-12-27-19-11-6-16(13-20(19)26-4)14-23-22(29)24-21(25)17-7-9-18(10-8-17)28-15(2)3/h6-11,13,15H,5,12,14H2,1-4H3,(H2,23,24,25,29). The molecule has 0 aromatic heterocycles. The molecule has 1 amide bonds. The molecule has 29 heavy (non-hydrogen) atoms. The molecule has 0 aliphatic rings. The van der Waals surface area contributed by atoms with Crippen molar-refractivity contribution in [3.8, 4) is 17.2 Å². The Labute approximate surface area is 177 Å². The third-order valence-electron chi connectivity index (χ3n) is 3.86. The summed E-state index contributed by atoms with van der Waals surface area (Å²) in [6.45, 7) is 7.03. The Kier molecular flexibility index (Phi) is 8.73. The molecule has 0 saturated carbocycles. The van der Waals surface area contributed by atoms with E-state index in [1.165, 1.54) is 0 Å². The van der Waals surface area contributed by atoms with Crippen molar-refractivity contribution in [2.24, 2.45) is 0 Å². The summed E-state index contributed by atoms with van der Waals surface area (Å²) in [4.78, 5) is 12.3. The topological polar surface area (TPSA) is 68.8 Å². The lowest BCUT2D eigenvalue weighted by Crippen LogP contribution is -2.38. The Hall–Kier alpha value is -2.80. The van der Waals surface area contributed by atoms with Crippen LogP contribution >= 0.6 is 12.2 Å². The van der Waals surface area contributed by atoms with Crippen LogP contribution < -0.4 is 24.8 Å². The number of hydrogen-bond acceptors (Lipinski definition) is 5. The average molecular weight is 417 g/mol. The van der Waals surface area contributed by atoms with Crippen LogP contribution in [0.15, 0.2) is 42.5 Å². The van der Waals surface area contributed by atoms with Crippen LogP contribution in [0, 0.1) is 0 Å². The lowest BCUT2D eigenvalue weighted by Gasteiger charge is -2.13. The van der Waals surface area contributed by atoms with Crippen molar-refractivity contribution in [3.63, 3.8) is 0 Å². The first-order valence-corrected chi connectivity index (χ1v) is 9.99. The molecule has 2 N–H and O–H groups in total. The van der Waals surface area contributed by atoms with Crippen LogP contribution in [0.1, 0.15) is 43.1 Å². The predicted molar refractivity (Wildman–Crippen MR) is 118 cm³/mol. The van der Waals surface area contributed by atoms with Crippen LogP contribution in [0.5, 0.6) is 17.2 Å². The quantitative estimate of drug-likeness (QED) is 0.601. The van der Waals surface area contributed by atoms with E-state index in [4.69, 9.17) is 26.4 Å². The van der Waals surface area contributed by atoms with E-state index < -0.39 is 0 Å². The fourth-order valence-corrected chi connectivity index (χ4v) is 2.68. The van der Waals surface area contributed by atoms with Gasteiger partial charge in [-0.1, -0.05) is 13.0 Å². The largest absolute Gasteiger partial charge is 0.493 e. The number of methoxy groups -OCH3 is 1. The molecule has 2 rings (SSSR count). The number of amides is 1. The second-order valence-corrected chi connectivity index (χ2v) is 7.07. The summed E-state index contributed by atoms with van der Waals surface area (Å²) in [5.74, 6) is 1.81. The highest BCUT2D eigenvalue weighted by atomic mass is 32.1. The zero-order chi connectivity index (χ0) is 21.2. The summed E-state index contributed by atoms with van der Waals surface area (Å²) < 4.78 is 16.6. The van der Waals surface area contributed by atoms with E-state index in [1.807, 2.05) is 39.0 Å². The van der Waals surface area contributed by atoms with Crippen LogP contribution in [-0.2, 0) is 6.54 Å². The number of rotatable bonds is 9. The summed E-state index contributed by atoms with van der Waals surface area (Å²) >= 11 is 5.23. The molecule has 0 unspecified atom stereocenters. The van der Waals surface area contributed by atoms with Crippen LogP contribution in [0.2, 0.25) is 0 Å². The number of nitrogens with one attached hydrogen (secondary N) is 2. The smallest absolute Gasteiger partial charge is 0.257 e. The molecule has 2 aromatic carbocycles. The maximum absolute atomic E-state index is 12.3. The third kappa shape index (κ3) is 7.27. The van der Waals surface area contributed by atoms with Crippen molar-refractivity contribution in [2.75, 3.05) is 13.7 Å². The molecule has 7 heteroatoms. The van der Waals surface area contributed by atoms with Crippen molar-refractivity contribution < 1.29 is 19.0 Å². The Morgan fingerprint density at radius 3 is 2.45 bits per heavy atom. The van der Waals surface area contributed by atoms with Crippen LogP contribution in [0.3, 0.4) is 0 Å². The van der Waals surface area contributed by atoms with Gasteiger partial charge in [-0.3, -0.25) is 10.1 Å². The van der Waals surface area contributed by atoms with Gasteiger partial charge in [0.15, 0.2) is 16.6 Å². The van der Waals surface area contributed by atoms with Crippen molar-refractivity contribution in [3.05, 3.63) is 53.6 Å². The van der Waals surface area contributed by atoms with Gasteiger partial charge in [0.25, 0.3) is 5.91 Å². The lowest BCUT2D eigenvalue weighted by atomic mass is 10.2.